The summed E-state index contributed by atoms with van der Waals surface area (Å²) in [5.41, 5.74) is 1.34. The smallest absolute Gasteiger partial charge is 0.119 e. The van der Waals surface area contributed by atoms with Crippen molar-refractivity contribution in [1.82, 2.24) is 10.2 Å². The lowest BCUT2D eigenvalue weighted by molar-refractivity contribution is 0.254. The van der Waals surface area contributed by atoms with Gasteiger partial charge < -0.3 is 10.1 Å². The van der Waals surface area contributed by atoms with Crippen molar-refractivity contribution in [3.05, 3.63) is 29.8 Å². The van der Waals surface area contributed by atoms with Gasteiger partial charge in [-0.15, -0.1) is 0 Å². The zero-order valence-electron chi connectivity index (χ0n) is 13.5. The highest BCUT2D eigenvalue weighted by Crippen LogP contribution is 2.33. The number of nitrogens with one attached hydrogen (secondary N) is 1. The molecule has 0 radical (unpaired) electrons. The van der Waals surface area contributed by atoms with Gasteiger partial charge in [-0.2, -0.15) is 0 Å². The number of rotatable bonds is 6. The van der Waals surface area contributed by atoms with Crippen LogP contribution in [0.4, 0.5) is 0 Å². The number of ether oxygens (including phenoxy) is 1. The Balaban J connectivity index is 1.54. The lowest BCUT2D eigenvalue weighted by atomic mass is 10.1. The maximum atomic E-state index is 5.51. The van der Waals surface area contributed by atoms with E-state index >= 15 is 0 Å². The van der Waals surface area contributed by atoms with Crippen LogP contribution in [0.2, 0.25) is 0 Å². The van der Waals surface area contributed by atoms with Gasteiger partial charge in [0.1, 0.15) is 5.75 Å². The summed E-state index contributed by atoms with van der Waals surface area (Å²) in [4.78, 5) is 2.70. The van der Waals surface area contributed by atoms with Gasteiger partial charge in [0.15, 0.2) is 0 Å². The molecule has 1 saturated carbocycles. The van der Waals surface area contributed by atoms with E-state index < -0.39 is 0 Å². The van der Waals surface area contributed by atoms with Crippen molar-refractivity contribution in [2.24, 2.45) is 0 Å². The quantitative estimate of drug-likeness (QED) is 0.868. The Bertz CT molecular complexity index is 455. The van der Waals surface area contributed by atoms with Crippen LogP contribution in [0.25, 0.3) is 0 Å². The van der Waals surface area contributed by atoms with E-state index in [0.29, 0.717) is 12.1 Å². The minimum absolute atomic E-state index is 0.400. The second kappa shape index (κ2) is 6.37. The van der Waals surface area contributed by atoms with Crippen LogP contribution in [-0.4, -0.2) is 36.2 Å². The minimum atomic E-state index is 0.400. The van der Waals surface area contributed by atoms with Crippen molar-refractivity contribution in [1.29, 1.82) is 0 Å². The van der Waals surface area contributed by atoms with Crippen LogP contribution in [0.15, 0.2) is 24.3 Å². The number of nitrogens with zero attached hydrogens (tertiary/aromatic N) is 1. The first-order valence-corrected chi connectivity index (χ1v) is 8.42. The van der Waals surface area contributed by atoms with Crippen LogP contribution in [0.1, 0.15) is 51.6 Å². The lowest BCUT2D eigenvalue weighted by Crippen LogP contribution is -2.35. The van der Waals surface area contributed by atoms with E-state index in [1.165, 1.54) is 31.4 Å². The summed E-state index contributed by atoms with van der Waals surface area (Å²) in [5.74, 6) is 0.961. The van der Waals surface area contributed by atoms with Crippen LogP contribution in [-0.2, 0) is 0 Å². The van der Waals surface area contributed by atoms with Gasteiger partial charge >= 0.3 is 0 Å². The average Bonchev–Trinajstić information content (AvgIpc) is 3.24. The Kier molecular flexibility index (Phi) is 4.51. The second-order valence-corrected chi connectivity index (χ2v) is 6.60. The SMILES string of the molecule is CCOc1ccc(C(C)NC2CC(C)N(C3CC3)C2)cc1. The second-order valence-electron chi connectivity index (χ2n) is 6.60. The number of hydrogen-bond donors (Lipinski definition) is 1. The molecular formula is C18H28N2O. The van der Waals surface area contributed by atoms with Gasteiger partial charge in [0, 0.05) is 30.7 Å². The molecule has 3 heteroatoms. The predicted molar refractivity (Wildman–Crippen MR) is 86.8 cm³/mol. The fraction of sp³-hybridized carbons (Fsp3) is 0.667. The molecular weight excluding hydrogens is 260 g/mol. The van der Waals surface area contributed by atoms with E-state index in [0.717, 1.165) is 24.4 Å². The summed E-state index contributed by atoms with van der Waals surface area (Å²) in [6.45, 7) is 8.60. The summed E-state index contributed by atoms with van der Waals surface area (Å²) in [6.07, 6.45) is 4.09. The zero-order chi connectivity index (χ0) is 14.8. The van der Waals surface area contributed by atoms with Crippen molar-refractivity contribution in [2.75, 3.05) is 13.2 Å². The van der Waals surface area contributed by atoms with Gasteiger partial charge in [0.05, 0.1) is 6.61 Å². The molecule has 0 amide bonds. The normalized spacial score (nSPS) is 27.8. The maximum absolute atomic E-state index is 5.51. The summed E-state index contributed by atoms with van der Waals surface area (Å²) in [7, 11) is 0. The average molecular weight is 288 g/mol. The topological polar surface area (TPSA) is 24.5 Å². The largest absolute Gasteiger partial charge is 0.494 e. The Morgan fingerprint density at radius 2 is 2.00 bits per heavy atom. The van der Waals surface area contributed by atoms with Crippen molar-refractivity contribution >= 4 is 0 Å². The predicted octanol–water partition coefficient (Wildman–Crippen LogP) is 3.36. The third kappa shape index (κ3) is 3.58. The molecule has 0 spiro atoms. The molecule has 3 rings (SSSR count). The first kappa shape index (κ1) is 14.9. The lowest BCUT2D eigenvalue weighted by Gasteiger charge is -2.21. The van der Waals surface area contributed by atoms with Gasteiger partial charge in [-0.05, 0) is 57.7 Å². The molecule has 1 N–H and O–H groups in total. The van der Waals surface area contributed by atoms with Crippen LogP contribution in [0.5, 0.6) is 5.75 Å². The zero-order valence-corrected chi connectivity index (χ0v) is 13.5. The summed E-state index contributed by atoms with van der Waals surface area (Å²) >= 11 is 0. The number of likely N-dealkylation sites (tertiary alicyclic amines) is 1. The summed E-state index contributed by atoms with van der Waals surface area (Å²) < 4.78 is 5.51. The van der Waals surface area contributed by atoms with E-state index in [4.69, 9.17) is 4.74 Å². The molecule has 1 aliphatic carbocycles. The number of hydrogen-bond acceptors (Lipinski definition) is 3. The van der Waals surface area contributed by atoms with E-state index in [-0.39, 0.29) is 0 Å². The molecule has 2 aliphatic rings. The minimum Gasteiger partial charge on any atom is -0.494 e. The van der Waals surface area contributed by atoms with E-state index in [1.54, 1.807) is 0 Å². The van der Waals surface area contributed by atoms with Crippen molar-refractivity contribution in [2.45, 2.75) is 64.2 Å². The summed E-state index contributed by atoms with van der Waals surface area (Å²) in [5, 5.41) is 3.81. The molecule has 2 fully saturated rings. The molecule has 3 nitrogen and oxygen atoms in total. The highest BCUT2D eigenvalue weighted by molar-refractivity contribution is 5.29. The van der Waals surface area contributed by atoms with E-state index in [9.17, 15) is 0 Å². The van der Waals surface area contributed by atoms with Crippen molar-refractivity contribution in [3.63, 3.8) is 0 Å². The summed E-state index contributed by atoms with van der Waals surface area (Å²) in [6, 6.07) is 11.2. The Labute approximate surface area is 128 Å². The highest BCUT2D eigenvalue weighted by atomic mass is 16.5. The molecule has 3 unspecified atom stereocenters. The molecule has 0 bridgehead atoms. The Morgan fingerprint density at radius 3 is 2.62 bits per heavy atom. The highest BCUT2D eigenvalue weighted by Gasteiger charge is 2.38. The fourth-order valence-electron chi connectivity index (χ4n) is 3.56. The maximum Gasteiger partial charge on any atom is 0.119 e. The monoisotopic (exact) mass is 288 g/mol. The molecule has 1 saturated heterocycles. The molecule has 1 heterocycles. The number of benzene rings is 1. The molecule has 0 aromatic heterocycles. The molecule has 116 valence electrons. The van der Waals surface area contributed by atoms with Gasteiger partial charge in [-0.25, -0.2) is 0 Å². The van der Waals surface area contributed by atoms with Crippen LogP contribution >= 0.6 is 0 Å². The molecule has 1 aromatic carbocycles. The van der Waals surface area contributed by atoms with Crippen LogP contribution < -0.4 is 10.1 Å². The third-order valence-corrected chi connectivity index (χ3v) is 4.82. The Morgan fingerprint density at radius 1 is 1.29 bits per heavy atom. The fourth-order valence-corrected chi connectivity index (χ4v) is 3.56. The molecule has 1 aromatic rings. The standard InChI is InChI=1S/C18H28N2O/c1-4-21-18-9-5-15(6-10-18)14(3)19-16-11-13(2)20(12-16)17-7-8-17/h5-6,9-10,13-14,16-17,19H,4,7-8,11-12H2,1-3H3. The Hall–Kier alpha value is -1.06. The first-order chi connectivity index (χ1) is 10.2. The van der Waals surface area contributed by atoms with Crippen molar-refractivity contribution in [3.8, 4) is 5.75 Å². The molecule has 1 aliphatic heterocycles. The third-order valence-electron chi connectivity index (χ3n) is 4.82. The van der Waals surface area contributed by atoms with Gasteiger partial charge in [-0.1, -0.05) is 12.1 Å². The first-order valence-electron chi connectivity index (χ1n) is 8.42. The van der Waals surface area contributed by atoms with Gasteiger partial charge in [-0.3, -0.25) is 4.90 Å². The van der Waals surface area contributed by atoms with Crippen LogP contribution in [0.3, 0.4) is 0 Å². The van der Waals surface area contributed by atoms with Crippen molar-refractivity contribution < 1.29 is 4.74 Å². The van der Waals surface area contributed by atoms with E-state index in [2.05, 4.69) is 48.3 Å². The van der Waals surface area contributed by atoms with Gasteiger partial charge in [0.2, 0.25) is 0 Å². The molecule has 3 atom stereocenters. The molecule has 21 heavy (non-hydrogen) atoms. The van der Waals surface area contributed by atoms with E-state index in [1.807, 2.05) is 6.92 Å². The van der Waals surface area contributed by atoms with Gasteiger partial charge in [0.25, 0.3) is 0 Å². The van der Waals surface area contributed by atoms with Crippen LogP contribution in [0, 0.1) is 0 Å².